The van der Waals surface area contributed by atoms with E-state index in [2.05, 4.69) is 22.8 Å². The molecule has 0 amide bonds. The predicted octanol–water partition coefficient (Wildman–Crippen LogP) is 2.79. The number of hydrogen-bond donors (Lipinski definition) is 0. The van der Waals surface area contributed by atoms with Crippen molar-refractivity contribution in [3.8, 4) is 17.9 Å². The van der Waals surface area contributed by atoms with E-state index in [1.54, 1.807) is 19.1 Å². The number of esters is 1. The summed E-state index contributed by atoms with van der Waals surface area (Å²) in [6.07, 6.45) is 3.29. The maximum absolute atomic E-state index is 13.9. The van der Waals surface area contributed by atoms with Gasteiger partial charge in [-0.3, -0.25) is 18.7 Å². The molecule has 3 heterocycles. The van der Waals surface area contributed by atoms with Crippen molar-refractivity contribution in [3.63, 3.8) is 0 Å². The number of ether oxygens (including phenoxy) is 1. The van der Waals surface area contributed by atoms with Gasteiger partial charge in [-0.1, -0.05) is 35.9 Å². The molecule has 4 rings (SSSR count). The summed E-state index contributed by atoms with van der Waals surface area (Å²) in [6, 6.07) is 9.30. The van der Waals surface area contributed by atoms with Crippen LogP contribution in [0.1, 0.15) is 37.3 Å². The van der Waals surface area contributed by atoms with Crippen LogP contribution in [0.15, 0.2) is 34.2 Å². The van der Waals surface area contributed by atoms with Crippen molar-refractivity contribution in [2.24, 2.45) is 0 Å². The zero-order valence-electron chi connectivity index (χ0n) is 19.8. The normalized spacial score (nSPS) is 13.2. The molecule has 0 N–H and O–H groups in total. The summed E-state index contributed by atoms with van der Waals surface area (Å²) in [6.45, 7) is 3.93. The number of fused-ring (bicyclic) bond motifs is 1. The van der Waals surface area contributed by atoms with E-state index in [4.69, 9.17) is 14.7 Å². The lowest BCUT2D eigenvalue weighted by Crippen LogP contribution is -2.32. The molecule has 9 nitrogen and oxygen atoms in total. The number of rotatable bonds is 7. The Hall–Kier alpha value is -3.76. The number of anilines is 1. The van der Waals surface area contributed by atoms with Gasteiger partial charge in [0.15, 0.2) is 16.3 Å². The van der Waals surface area contributed by atoms with E-state index in [1.165, 1.54) is 18.1 Å². The monoisotopic (exact) mass is 490 g/mol. The molecule has 0 saturated carbocycles. The third-order valence-electron chi connectivity index (χ3n) is 5.88. The average Bonchev–Trinajstić information content (AvgIpc) is 3.27. The van der Waals surface area contributed by atoms with Crippen molar-refractivity contribution in [2.75, 3.05) is 30.9 Å². The summed E-state index contributed by atoms with van der Waals surface area (Å²) >= 11 is 1.11. The molecule has 1 aliphatic rings. The highest BCUT2D eigenvalue weighted by Crippen LogP contribution is 2.25. The van der Waals surface area contributed by atoms with Gasteiger partial charge in [0.1, 0.15) is 0 Å². The van der Waals surface area contributed by atoms with Gasteiger partial charge in [-0.15, -0.1) is 5.92 Å². The summed E-state index contributed by atoms with van der Waals surface area (Å²) in [5, 5.41) is 9.89. The average molecular weight is 491 g/mol. The van der Waals surface area contributed by atoms with Crippen LogP contribution in [0.2, 0.25) is 0 Å². The summed E-state index contributed by atoms with van der Waals surface area (Å²) < 4.78 is 8.12. The molecule has 1 aliphatic heterocycles. The maximum Gasteiger partial charge on any atom is 0.316 e. The highest BCUT2D eigenvalue weighted by atomic mass is 32.2. The van der Waals surface area contributed by atoms with E-state index in [9.17, 15) is 14.9 Å². The molecule has 1 saturated heterocycles. The molecule has 3 aromatic rings. The summed E-state index contributed by atoms with van der Waals surface area (Å²) in [4.78, 5) is 37.4. The van der Waals surface area contributed by atoms with Gasteiger partial charge in [-0.2, -0.15) is 10.2 Å². The molecule has 35 heavy (non-hydrogen) atoms. The second-order valence-corrected chi connectivity index (χ2v) is 9.01. The SMILES string of the molecule is CC#CCn1c(N2CCCCC2)nc2nc(SCC(=O)OC)n(Cc3ccccc3C#N)c(=O)c21. The number of benzene rings is 1. The fourth-order valence-corrected chi connectivity index (χ4v) is 4.92. The minimum absolute atomic E-state index is 0.00462. The fraction of sp³-hybridized carbons (Fsp3) is 0.400. The second-order valence-electron chi connectivity index (χ2n) is 8.06. The van der Waals surface area contributed by atoms with Gasteiger partial charge in [-0.25, -0.2) is 4.98 Å². The van der Waals surface area contributed by atoms with E-state index >= 15 is 0 Å². The van der Waals surface area contributed by atoms with Crippen molar-refractivity contribution in [2.45, 2.75) is 44.4 Å². The Labute approximate surface area is 207 Å². The molecule has 1 fully saturated rings. The number of imidazole rings is 1. The van der Waals surface area contributed by atoms with Gasteiger partial charge in [0, 0.05) is 13.1 Å². The maximum atomic E-state index is 13.9. The molecule has 0 bridgehead atoms. The molecule has 0 aliphatic carbocycles. The van der Waals surface area contributed by atoms with Gasteiger partial charge < -0.3 is 9.64 Å². The standard InChI is InChI=1S/C25H26N6O3S/c1-3-4-14-30-21-22(27-24(30)29-12-8-5-9-13-29)28-25(35-17-20(32)34-2)31(23(21)33)16-19-11-7-6-10-18(19)15-26/h6-7,10-11H,5,8-9,12-14,16-17H2,1-2H3. The summed E-state index contributed by atoms with van der Waals surface area (Å²) in [5.41, 5.74) is 1.57. The summed E-state index contributed by atoms with van der Waals surface area (Å²) in [5.74, 6) is 6.22. The number of nitrogens with zero attached hydrogens (tertiary/aromatic N) is 6. The van der Waals surface area contributed by atoms with E-state index in [1.807, 2.05) is 16.7 Å². The van der Waals surface area contributed by atoms with Crippen LogP contribution < -0.4 is 10.5 Å². The van der Waals surface area contributed by atoms with Crippen molar-refractivity contribution in [3.05, 3.63) is 45.7 Å². The molecule has 180 valence electrons. The summed E-state index contributed by atoms with van der Waals surface area (Å²) in [7, 11) is 1.32. The Bertz CT molecular complexity index is 1400. The van der Waals surface area contributed by atoms with E-state index in [0.29, 0.717) is 39.9 Å². The van der Waals surface area contributed by atoms with Gasteiger partial charge in [0.05, 0.1) is 37.6 Å². The number of thioether (sulfide) groups is 1. The highest BCUT2D eigenvalue weighted by molar-refractivity contribution is 7.99. The Kier molecular flexibility index (Phi) is 7.74. The van der Waals surface area contributed by atoms with Gasteiger partial charge in [0.25, 0.3) is 5.56 Å². The zero-order valence-corrected chi connectivity index (χ0v) is 20.6. The molecule has 0 atom stereocenters. The van der Waals surface area contributed by atoms with Crippen LogP contribution in [0.4, 0.5) is 5.95 Å². The quantitative estimate of drug-likeness (QED) is 0.215. The van der Waals surface area contributed by atoms with Gasteiger partial charge in [-0.05, 0) is 37.8 Å². The number of aromatic nitrogens is 4. The minimum Gasteiger partial charge on any atom is -0.468 e. The predicted molar refractivity (Wildman–Crippen MR) is 134 cm³/mol. The molecule has 2 aromatic heterocycles. The molecular weight excluding hydrogens is 464 g/mol. The first-order chi connectivity index (χ1) is 17.1. The lowest BCUT2D eigenvalue weighted by atomic mass is 10.1. The first-order valence-electron chi connectivity index (χ1n) is 11.4. The number of methoxy groups -OCH3 is 1. The Morgan fingerprint density at radius 1 is 1.17 bits per heavy atom. The highest BCUT2D eigenvalue weighted by Gasteiger charge is 2.24. The number of hydrogen-bond acceptors (Lipinski definition) is 8. The third kappa shape index (κ3) is 5.18. The van der Waals surface area contributed by atoms with E-state index < -0.39 is 5.97 Å². The molecular formula is C25H26N6O3S. The van der Waals surface area contributed by atoms with Crippen LogP contribution in [0, 0.1) is 23.2 Å². The third-order valence-corrected chi connectivity index (χ3v) is 6.83. The van der Waals surface area contributed by atoms with Crippen LogP contribution in [0.3, 0.4) is 0 Å². The van der Waals surface area contributed by atoms with Crippen molar-refractivity contribution < 1.29 is 9.53 Å². The van der Waals surface area contributed by atoms with E-state index in [-0.39, 0.29) is 17.9 Å². The van der Waals surface area contributed by atoms with Crippen LogP contribution in [-0.4, -0.2) is 51.0 Å². The Balaban J connectivity index is 1.90. The topological polar surface area (TPSA) is 106 Å². The lowest BCUT2D eigenvalue weighted by molar-refractivity contribution is -0.137. The number of piperidine rings is 1. The molecule has 0 unspecified atom stereocenters. The van der Waals surface area contributed by atoms with Crippen LogP contribution in [0.25, 0.3) is 11.2 Å². The minimum atomic E-state index is -0.425. The molecule has 0 spiro atoms. The van der Waals surface area contributed by atoms with Crippen molar-refractivity contribution >= 4 is 34.8 Å². The van der Waals surface area contributed by atoms with Crippen molar-refractivity contribution in [1.82, 2.24) is 19.1 Å². The fourth-order valence-electron chi connectivity index (χ4n) is 4.10. The van der Waals surface area contributed by atoms with Crippen LogP contribution >= 0.6 is 11.8 Å². The van der Waals surface area contributed by atoms with E-state index in [0.717, 1.165) is 37.7 Å². The van der Waals surface area contributed by atoms with Gasteiger partial charge in [0.2, 0.25) is 5.95 Å². The Morgan fingerprint density at radius 3 is 2.66 bits per heavy atom. The number of carbonyl (C=O) groups excluding carboxylic acids is 1. The lowest BCUT2D eigenvalue weighted by Gasteiger charge is -2.27. The van der Waals surface area contributed by atoms with Crippen LogP contribution in [0.5, 0.6) is 0 Å². The largest absolute Gasteiger partial charge is 0.468 e. The molecule has 0 radical (unpaired) electrons. The first kappa shape index (κ1) is 24.4. The number of nitriles is 1. The van der Waals surface area contributed by atoms with Crippen LogP contribution in [-0.2, 0) is 22.6 Å². The molecule has 1 aromatic carbocycles. The van der Waals surface area contributed by atoms with Gasteiger partial charge >= 0.3 is 5.97 Å². The molecule has 10 heteroatoms. The first-order valence-corrected chi connectivity index (χ1v) is 12.4. The second kappa shape index (κ2) is 11.1. The van der Waals surface area contributed by atoms with Crippen molar-refractivity contribution in [1.29, 1.82) is 5.26 Å². The zero-order chi connectivity index (χ0) is 24.8. The Morgan fingerprint density at radius 2 is 1.94 bits per heavy atom. The number of carbonyl (C=O) groups is 1. The smallest absolute Gasteiger partial charge is 0.316 e.